The van der Waals surface area contributed by atoms with E-state index in [-0.39, 0.29) is 17.1 Å². The minimum absolute atomic E-state index is 0.0184. The van der Waals surface area contributed by atoms with E-state index in [1.807, 2.05) is 0 Å². The number of alkyl carbamates (subject to hydrolysis) is 1. The smallest absolute Gasteiger partial charge is 0.408 e. The predicted octanol–water partition coefficient (Wildman–Crippen LogP) is 5.75. The Morgan fingerprint density at radius 2 is 1.69 bits per heavy atom. The van der Waals surface area contributed by atoms with Gasteiger partial charge in [0.1, 0.15) is 28.9 Å². The van der Waals surface area contributed by atoms with Crippen LogP contribution in [0.5, 0.6) is 0 Å². The standard InChI is InChI=1S/C27H31F4N5O3/c1-15-32-14-22(34-15)23(37)33-13-19(27(29,30)31)21-12-17(26(5,6)36-24(38)39-25(2,3)4)11-20(35-21)16-7-9-18(28)10-8-16/h7-12,14,19H,13H2,1-6H3,(H,32,34)(H,33,37)(H,36,38). The van der Waals surface area contributed by atoms with Gasteiger partial charge in [-0.2, -0.15) is 13.2 Å². The largest absolute Gasteiger partial charge is 0.444 e. The van der Waals surface area contributed by atoms with Gasteiger partial charge in [0.25, 0.3) is 5.91 Å². The molecule has 0 radical (unpaired) electrons. The van der Waals surface area contributed by atoms with E-state index >= 15 is 0 Å². The second-order valence-corrected chi connectivity index (χ2v) is 10.6. The molecule has 0 aliphatic heterocycles. The van der Waals surface area contributed by atoms with Crippen LogP contribution in [-0.2, 0) is 10.3 Å². The summed E-state index contributed by atoms with van der Waals surface area (Å²) in [5.74, 6) is -3.04. The Hall–Kier alpha value is -3.96. The van der Waals surface area contributed by atoms with Gasteiger partial charge in [-0.25, -0.2) is 14.2 Å². The molecule has 2 heterocycles. The summed E-state index contributed by atoms with van der Waals surface area (Å²) in [6.07, 6.45) is -4.32. The minimum atomic E-state index is -4.79. The summed E-state index contributed by atoms with van der Waals surface area (Å²) < 4.78 is 61.8. The van der Waals surface area contributed by atoms with Gasteiger partial charge in [-0.05, 0) is 83.5 Å². The van der Waals surface area contributed by atoms with Gasteiger partial charge in [-0.15, -0.1) is 0 Å². The number of aromatic nitrogens is 3. The van der Waals surface area contributed by atoms with Crippen molar-refractivity contribution in [1.29, 1.82) is 0 Å². The molecule has 0 spiro atoms. The molecule has 0 aliphatic carbocycles. The first-order valence-electron chi connectivity index (χ1n) is 12.1. The fraction of sp³-hybridized carbons (Fsp3) is 0.407. The molecular formula is C27H31F4N5O3. The summed E-state index contributed by atoms with van der Waals surface area (Å²) in [5.41, 5.74) is -1.57. The van der Waals surface area contributed by atoms with Crippen molar-refractivity contribution in [3.8, 4) is 11.3 Å². The van der Waals surface area contributed by atoms with Gasteiger partial charge < -0.3 is 20.4 Å². The molecule has 0 saturated heterocycles. The molecule has 0 aliphatic rings. The molecule has 0 bridgehead atoms. The zero-order valence-corrected chi connectivity index (χ0v) is 22.5. The lowest BCUT2D eigenvalue weighted by Crippen LogP contribution is -2.44. The number of ether oxygens (including phenoxy) is 1. The van der Waals surface area contributed by atoms with E-state index in [9.17, 15) is 27.2 Å². The molecule has 210 valence electrons. The summed E-state index contributed by atoms with van der Waals surface area (Å²) in [4.78, 5) is 35.7. The van der Waals surface area contributed by atoms with Crippen LogP contribution in [-0.4, -0.2) is 45.3 Å². The maximum absolute atomic E-state index is 14.3. The van der Waals surface area contributed by atoms with Gasteiger partial charge in [-0.3, -0.25) is 9.78 Å². The topological polar surface area (TPSA) is 109 Å². The van der Waals surface area contributed by atoms with E-state index in [1.165, 1.54) is 42.6 Å². The Bertz CT molecular complexity index is 1330. The summed E-state index contributed by atoms with van der Waals surface area (Å²) in [6, 6.07) is 7.88. The number of aromatic amines is 1. The number of hydrogen-bond donors (Lipinski definition) is 3. The molecule has 2 aromatic heterocycles. The highest BCUT2D eigenvalue weighted by molar-refractivity contribution is 5.92. The molecule has 1 aromatic carbocycles. The summed E-state index contributed by atoms with van der Waals surface area (Å²) >= 11 is 0. The van der Waals surface area contributed by atoms with Gasteiger partial charge in [0, 0.05) is 12.1 Å². The second kappa shape index (κ2) is 11.0. The fourth-order valence-corrected chi connectivity index (χ4v) is 3.70. The molecule has 2 amide bonds. The number of rotatable bonds is 7. The van der Waals surface area contributed by atoms with Crippen molar-refractivity contribution in [2.24, 2.45) is 0 Å². The van der Waals surface area contributed by atoms with Crippen molar-refractivity contribution in [1.82, 2.24) is 25.6 Å². The fourth-order valence-electron chi connectivity index (χ4n) is 3.70. The number of imidazole rings is 1. The van der Waals surface area contributed by atoms with Gasteiger partial charge in [-0.1, -0.05) is 0 Å². The van der Waals surface area contributed by atoms with Crippen molar-refractivity contribution in [2.45, 2.75) is 64.8 Å². The van der Waals surface area contributed by atoms with Crippen molar-refractivity contribution in [3.63, 3.8) is 0 Å². The van der Waals surface area contributed by atoms with Crippen molar-refractivity contribution in [2.75, 3.05) is 6.54 Å². The molecule has 0 fully saturated rings. The lowest BCUT2D eigenvalue weighted by Gasteiger charge is -2.30. The van der Waals surface area contributed by atoms with E-state index in [0.717, 1.165) is 0 Å². The molecule has 8 nitrogen and oxygen atoms in total. The third-order valence-electron chi connectivity index (χ3n) is 5.69. The lowest BCUT2D eigenvalue weighted by atomic mass is 9.90. The van der Waals surface area contributed by atoms with Crippen molar-refractivity contribution < 1.29 is 31.9 Å². The van der Waals surface area contributed by atoms with E-state index in [2.05, 4.69) is 25.6 Å². The van der Waals surface area contributed by atoms with E-state index in [1.54, 1.807) is 41.5 Å². The van der Waals surface area contributed by atoms with Crippen LogP contribution in [0.15, 0.2) is 42.6 Å². The Morgan fingerprint density at radius 1 is 1.05 bits per heavy atom. The number of hydrogen-bond acceptors (Lipinski definition) is 5. The van der Waals surface area contributed by atoms with Crippen LogP contribution in [0, 0.1) is 12.7 Å². The van der Waals surface area contributed by atoms with Crippen LogP contribution in [0.1, 0.15) is 68.1 Å². The maximum atomic E-state index is 14.3. The number of nitrogens with zero attached hydrogens (tertiary/aromatic N) is 2. The maximum Gasteiger partial charge on any atom is 0.408 e. The SMILES string of the molecule is Cc1ncc(C(=O)NCC(c2cc(C(C)(C)NC(=O)OC(C)(C)C)cc(-c3ccc(F)cc3)n2)C(F)(F)F)[nH]1. The Labute approximate surface area is 223 Å². The number of alkyl halides is 3. The Kier molecular flexibility index (Phi) is 8.37. The van der Waals surface area contributed by atoms with Crippen LogP contribution >= 0.6 is 0 Å². The molecule has 12 heteroatoms. The minimum Gasteiger partial charge on any atom is -0.444 e. The highest BCUT2D eigenvalue weighted by Gasteiger charge is 2.43. The van der Waals surface area contributed by atoms with Gasteiger partial charge >= 0.3 is 12.3 Å². The van der Waals surface area contributed by atoms with Gasteiger partial charge in [0.2, 0.25) is 0 Å². The normalized spacial score (nSPS) is 13.1. The average molecular weight is 550 g/mol. The Morgan fingerprint density at radius 3 is 2.23 bits per heavy atom. The molecule has 0 saturated carbocycles. The predicted molar refractivity (Wildman–Crippen MR) is 136 cm³/mol. The van der Waals surface area contributed by atoms with Crippen LogP contribution in [0.2, 0.25) is 0 Å². The zero-order valence-electron chi connectivity index (χ0n) is 22.5. The number of H-pyrrole nitrogens is 1. The lowest BCUT2D eigenvalue weighted by molar-refractivity contribution is -0.149. The number of pyridine rings is 1. The van der Waals surface area contributed by atoms with E-state index in [0.29, 0.717) is 17.0 Å². The van der Waals surface area contributed by atoms with Crippen molar-refractivity contribution >= 4 is 12.0 Å². The molecule has 1 atom stereocenters. The third-order valence-corrected chi connectivity index (χ3v) is 5.69. The molecule has 39 heavy (non-hydrogen) atoms. The summed E-state index contributed by atoms with van der Waals surface area (Å²) in [7, 11) is 0. The number of carbonyl (C=O) groups is 2. The molecule has 1 unspecified atom stereocenters. The number of amides is 2. The highest BCUT2D eigenvalue weighted by Crippen LogP contribution is 2.37. The number of halogens is 4. The first-order chi connectivity index (χ1) is 17.9. The first-order valence-corrected chi connectivity index (χ1v) is 12.1. The van der Waals surface area contributed by atoms with Crippen LogP contribution in [0.3, 0.4) is 0 Å². The third kappa shape index (κ3) is 8.01. The number of carbonyl (C=O) groups excluding carboxylic acids is 2. The van der Waals surface area contributed by atoms with E-state index < -0.39 is 47.6 Å². The number of benzene rings is 1. The number of nitrogens with one attached hydrogen (secondary N) is 3. The zero-order chi connectivity index (χ0) is 29.2. The van der Waals surface area contributed by atoms with Crippen LogP contribution in [0.4, 0.5) is 22.4 Å². The molecule has 3 aromatic rings. The summed E-state index contributed by atoms with van der Waals surface area (Å²) in [5, 5.41) is 4.98. The quantitative estimate of drug-likeness (QED) is 0.325. The first kappa shape index (κ1) is 29.6. The average Bonchev–Trinajstić information content (AvgIpc) is 3.23. The van der Waals surface area contributed by atoms with Gasteiger partial charge in [0.05, 0.1) is 23.1 Å². The van der Waals surface area contributed by atoms with E-state index in [4.69, 9.17) is 4.74 Å². The second-order valence-electron chi connectivity index (χ2n) is 10.6. The van der Waals surface area contributed by atoms with Crippen molar-refractivity contribution in [3.05, 3.63) is 71.2 Å². The highest BCUT2D eigenvalue weighted by atomic mass is 19.4. The molecular weight excluding hydrogens is 518 g/mol. The Balaban J connectivity index is 2.04. The van der Waals surface area contributed by atoms with Crippen LogP contribution < -0.4 is 10.6 Å². The van der Waals surface area contributed by atoms with Crippen LogP contribution in [0.25, 0.3) is 11.3 Å². The summed E-state index contributed by atoms with van der Waals surface area (Å²) in [6.45, 7) is 9.07. The molecule has 3 rings (SSSR count). The monoisotopic (exact) mass is 549 g/mol. The number of aryl methyl sites for hydroxylation is 1. The van der Waals surface area contributed by atoms with Gasteiger partial charge in [0.15, 0.2) is 0 Å². The molecule has 3 N–H and O–H groups in total.